The molecule has 1 fully saturated rings. The van der Waals surface area contributed by atoms with Gasteiger partial charge in [-0.2, -0.15) is 11.8 Å². The van der Waals surface area contributed by atoms with Crippen molar-refractivity contribution in [3.05, 3.63) is 16.8 Å². The monoisotopic (exact) mass is 307 g/mol. The first-order chi connectivity index (χ1) is 9.65. The van der Waals surface area contributed by atoms with Crippen LogP contribution in [0, 0.1) is 13.8 Å². The average molecular weight is 307 g/mol. The standard InChI is InChI=1S/C15H21N3S2/c1-10-11(2)20-14-12(10)13(17-9-18-14)16-8-15(19-3)6-4-5-7-15/h9H,4-8H2,1-3H3,(H,16,17,18). The summed E-state index contributed by atoms with van der Waals surface area (Å²) in [5.41, 5.74) is 1.32. The van der Waals surface area contributed by atoms with Crippen LogP contribution in [0.15, 0.2) is 6.33 Å². The van der Waals surface area contributed by atoms with E-state index in [0.29, 0.717) is 4.75 Å². The number of anilines is 1. The highest BCUT2D eigenvalue weighted by Gasteiger charge is 2.33. The van der Waals surface area contributed by atoms with Crippen molar-refractivity contribution in [3.8, 4) is 0 Å². The fourth-order valence-corrected chi connectivity index (χ4v) is 4.94. The van der Waals surface area contributed by atoms with Gasteiger partial charge in [0.25, 0.3) is 0 Å². The van der Waals surface area contributed by atoms with Crippen molar-refractivity contribution in [1.82, 2.24) is 9.97 Å². The van der Waals surface area contributed by atoms with Gasteiger partial charge in [0.15, 0.2) is 0 Å². The van der Waals surface area contributed by atoms with Crippen LogP contribution in [0.25, 0.3) is 10.2 Å². The number of hydrogen-bond acceptors (Lipinski definition) is 5. The third kappa shape index (κ3) is 2.42. The minimum atomic E-state index is 0.399. The van der Waals surface area contributed by atoms with Gasteiger partial charge in [0.2, 0.25) is 0 Å². The molecule has 3 rings (SSSR count). The van der Waals surface area contributed by atoms with E-state index >= 15 is 0 Å². The second-order valence-corrected chi connectivity index (χ2v) is 8.11. The number of thioether (sulfide) groups is 1. The maximum absolute atomic E-state index is 4.48. The second-order valence-electron chi connectivity index (χ2n) is 5.63. The molecule has 0 saturated heterocycles. The molecule has 1 saturated carbocycles. The van der Waals surface area contributed by atoms with Crippen molar-refractivity contribution in [2.45, 2.75) is 44.3 Å². The topological polar surface area (TPSA) is 37.8 Å². The summed E-state index contributed by atoms with van der Waals surface area (Å²) < 4.78 is 0.399. The van der Waals surface area contributed by atoms with Crippen molar-refractivity contribution in [1.29, 1.82) is 0 Å². The Morgan fingerprint density at radius 3 is 2.75 bits per heavy atom. The Morgan fingerprint density at radius 2 is 2.05 bits per heavy atom. The van der Waals surface area contributed by atoms with E-state index in [2.05, 4.69) is 35.4 Å². The first-order valence-corrected chi connectivity index (χ1v) is 9.19. The molecule has 0 aliphatic heterocycles. The van der Waals surface area contributed by atoms with Crippen molar-refractivity contribution < 1.29 is 0 Å². The molecule has 2 aromatic heterocycles. The summed E-state index contributed by atoms with van der Waals surface area (Å²) in [5, 5.41) is 4.82. The van der Waals surface area contributed by atoms with Crippen LogP contribution in [-0.2, 0) is 0 Å². The largest absolute Gasteiger partial charge is 0.368 e. The molecule has 0 aromatic carbocycles. The number of fused-ring (bicyclic) bond motifs is 1. The van der Waals surface area contributed by atoms with Gasteiger partial charge in [-0.25, -0.2) is 9.97 Å². The van der Waals surface area contributed by atoms with Crippen molar-refractivity contribution in [3.63, 3.8) is 0 Å². The molecule has 108 valence electrons. The average Bonchev–Trinajstić information content (AvgIpc) is 3.04. The van der Waals surface area contributed by atoms with Gasteiger partial charge in [0.05, 0.1) is 5.39 Å². The van der Waals surface area contributed by atoms with Gasteiger partial charge in [-0.3, -0.25) is 0 Å². The van der Waals surface area contributed by atoms with E-state index in [1.54, 1.807) is 17.7 Å². The molecule has 0 radical (unpaired) electrons. The van der Waals surface area contributed by atoms with Crippen LogP contribution in [-0.4, -0.2) is 27.5 Å². The van der Waals surface area contributed by atoms with Crippen LogP contribution in [0.1, 0.15) is 36.1 Å². The lowest BCUT2D eigenvalue weighted by molar-refractivity contribution is 0.639. The van der Waals surface area contributed by atoms with E-state index in [1.165, 1.54) is 41.5 Å². The zero-order valence-corrected chi connectivity index (χ0v) is 14.0. The zero-order chi connectivity index (χ0) is 14.2. The molecular weight excluding hydrogens is 286 g/mol. The van der Waals surface area contributed by atoms with Gasteiger partial charge in [-0.05, 0) is 38.5 Å². The molecule has 0 bridgehead atoms. The van der Waals surface area contributed by atoms with Gasteiger partial charge >= 0.3 is 0 Å². The predicted molar refractivity (Wildman–Crippen MR) is 90.1 cm³/mol. The molecule has 5 heteroatoms. The molecule has 0 unspecified atom stereocenters. The number of aromatic nitrogens is 2. The van der Waals surface area contributed by atoms with Gasteiger partial charge in [-0.1, -0.05) is 12.8 Å². The fourth-order valence-electron chi connectivity index (χ4n) is 3.03. The SMILES string of the molecule is CSC1(CNc2ncnc3sc(C)c(C)c23)CCCC1. The van der Waals surface area contributed by atoms with E-state index in [0.717, 1.165) is 17.2 Å². The summed E-state index contributed by atoms with van der Waals surface area (Å²) in [6, 6.07) is 0. The molecule has 3 nitrogen and oxygen atoms in total. The lowest BCUT2D eigenvalue weighted by atomic mass is 10.1. The molecule has 1 N–H and O–H groups in total. The molecule has 1 aliphatic rings. The minimum Gasteiger partial charge on any atom is -0.368 e. The van der Waals surface area contributed by atoms with E-state index in [4.69, 9.17) is 0 Å². The van der Waals surface area contributed by atoms with Crippen LogP contribution in [0.5, 0.6) is 0 Å². The summed E-state index contributed by atoms with van der Waals surface area (Å²) in [6.45, 7) is 5.34. The van der Waals surface area contributed by atoms with Gasteiger partial charge in [0, 0.05) is 16.2 Å². The van der Waals surface area contributed by atoms with Crippen LogP contribution in [0.3, 0.4) is 0 Å². The quantitative estimate of drug-likeness (QED) is 0.908. The Bertz CT molecular complexity index is 615. The number of aryl methyl sites for hydroxylation is 2. The van der Waals surface area contributed by atoms with E-state index < -0.39 is 0 Å². The Morgan fingerprint density at radius 1 is 1.30 bits per heavy atom. The zero-order valence-electron chi connectivity index (χ0n) is 12.3. The Kier molecular flexibility index (Phi) is 3.91. The van der Waals surface area contributed by atoms with Crippen LogP contribution < -0.4 is 5.32 Å². The minimum absolute atomic E-state index is 0.399. The maximum atomic E-state index is 4.48. The van der Waals surface area contributed by atoms with Gasteiger partial charge in [-0.15, -0.1) is 11.3 Å². The maximum Gasteiger partial charge on any atom is 0.138 e. The summed E-state index contributed by atoms with van der Waals surface area (Å²) in [6.07, 6.45) is 9.27. The third-order valence-electron chi connectivity index (χ3n) is 4.49. The highest BCUT2D eigenvalue weighted by molar-refractivity contribution is 8.00. The molecule has 20 heavy (non-hydrogen) atoms. The first-order valence-electron chi connectivity index (χ1n) is 7.15. The van der Waals surface area contributed by atoms with Crippen LogP contribution in [0.2, 0.25) is 0 Å². The summed E-state index contributed by atoms with van der Waals surface area (Å²) in [5.74, 6) is 1.01. The normalized spacial score (nSPS) is 17.8. The molecule has 0 spiro atoms. The van der Waals surface area contributed by atoms with Gasteiger partial charge in [0.1, 0.15) is 17.0 Å². The number of nitrogens with one attached hydrogen (secondary N) is 1. The lowest BCUT2D eigenvalue weighted by Crippen LogP contribution is -2.30. The van der Waals surface area contributed by atoms with Crippen LogP contribution >= 0.6 is 23.1 Å². The predicted octanol–water partition coefficient (Wildman–Crippen LogP) is 4.40. The van der Waals surface area contributed by atoms with Crippen molar-refractivity contribution in [2.24, 2.45) is 0 Å². The van der Waals surface area contributed by atoms with Crippen molar-refractivity contribution >= 4 is 39.1 Å². The first kappa shape index (κ1) is 14.1. The number of thiophene rings is 1. The van der Waals surface area contributed by atoms with Crippen LogP contribution in [0.4, 0.5) is 5.82 Å². The molecule has 2 heterocycles. The smallest absolute Gasteiger partial charge is 0.138 e. The highest BCUT2D eigenvalue weighted by atomic mass is 32.2. The molecule has 0 amide bonds. The summed E-state index contributed by atoms with van der Waals surface area (Å²) in [7, 11) is 0. The Labute approximate surface area is 128 Å². The molecule has 1 aliphatic carbocycles. The lowest BCUT2D eigenvalue weighted by Gasteiger charge is -2.27. The molecule has 0 atom stereocenters. The molecular formula is C15H21N3S2. The number of rotatable bonds is 4. The summed E-state index contributed by atoms with van der Waals surface area (Å²) >= 11 is 3.77. The Hall–Kier alpha value is -0.810. The highest BCUT2D eigenvalue weighted by Crippen LogP contribution is 2.41. The Balaban J connectivity index is 1.87. The van der Waals surface area contributed by atoms with Crippen molar-refractivity contribution in [2.75, 3.05) is 18.1 Å². The number of hydrogen-bond donors (Lipinski definition) is 1. The van der Waals surface area contributed by atoms with E-state index in [9.17, 15) is 0 Å². The fraction of sp³-hybridized carbons (Fsp3) is 0.600. The van der Waals surface area contributed by atoms with Gasteiger partial charge < -0.3 is 5.32 Å². The van der Waals surface area contributed by atoms with E-state index in [1.807, 2.05) is 11.8 Å². The number of nitrogens with zero attached hydrogens (tertiary/aromatic N) is 2. The second kappa shape index (κ2) is 5.53. The molecule has 2 aromatic rings. The third-order valence-corrected chi connectivity index (χ3v) is 7.03. The van der Waals surface area contributed by atoms with E-state index in [-0.39, 0.29) is 0 Å². The summed E-state index contributed by atoms with van der Waals surface area (Å²) in [4.78, 5) is 11.3.